The lowest BCUT2D eigenvalue weighted by atomic mass is 10.0. The van der Waals surface area contributed by atoms with Crippen molar-refractivity contribution < 1.29 is 14.4 Å². The molecule has 0 bridgehead atoms. The molecule has 0 amide bonds. The summed E-state index contributed by atoms with van der Waals surface area (Å²) in [5.74, 6) is 1.18. The fourth-order valence-corrected chi connectivity index (χ4v) is 3.02. The van der Waals surface area contributed by atoms with Gasteiger partial charge in [0, 0.05) is 12.1 Å². The van der Waals surface area contributed by atoms with Crippen LogP contribution in [-0.4, -0.2) is 17.6 Å². The first-order chi connectivity index (χ1) is 13.4. The molecule has 0 aliphatic heterocycles. The number of halogens is 1. The number of rotatable bonds is 8. The van der Waals surface area contributed by atoms with Crippen LogP contribution in [0.1, 0.15) is 38.3 Å². The van der Waals surface area contributed by atoms with Gasteiger partial charge in [-0.25, -0.2) is 0 Å². The number of nitro groups is 1. The van der Waals surface area contributed by atoms with E-state index < -0.39 is 4.92 Å². The highest BCUT2D eigenvalue weighted by Crippen LogP contribution is 2.39. The second kappa shape index (κ2) is 9.90. The van der Waals surface area contributed by atoms with E-state index in [0.717, 1.165) is 12.0 Å². The van der Waals surface area contributed by atoms with Crippen LogP contribution in [0.15, 0.2) is 40.9 Å². The molecule has 0 saturated heterocycles. The number of allylic oxidation sites excluding steroid dienone is 1. The average Bonchev–Trinajstić information content (AvgIpc) is 2.68. The van der Waals surface area contributed by atoms with E-state index in [1.807, 2.05) is 26.8 Å². The number of hydrogen-bond donors (Lipinski definition) is 0. The van der Waals surface area contributed by atoms with Crippen molar-refractivity contribution in [3.8, 4) is 17.6 Å². The molecule has 146 valence electrons. The van der Waals surface area contributed by atoms with Crippen LogP contribution in [0.3, 0.4) is 0 Å². The van der Waals surface area contributed by atoms with Gasteiger partial charge in [-0.3, -0.25) is 10.1 Å². The molecule has 0 radical (unpaired) electrons. The maximum Gasteiger partial charge on any atom is 0.270 e. The van der Waals surface area contributed by atoms with E-state index in [-0.39, 0.29) is 11.8 Å². The van der Waals surface area contributed by atoms with E-state index in [9.17, 15) is 15.4 Å². The minimum Gasteiger partial charge on any atom is -0.490 e. The van der Waals surface area contributed by atoms with Crippen LogP contribution in [0.4, 0.5) is 5.69 Å². The first-order valence-electron chi connectivity index (χ1n) is 8.89. The molecular weight excluding hydrogens is 424 g/mol. The standard InChI is InChI=1S/C21H21BrN2O4/c1-4-14(3)28-21-19(22)10-15(11-20(21)27-5-2)9-17(13-23)16-7-6-8-18(12-16)24(25)26/h6-12,14H,4-5H2,1-3H3/b17-9-/t14-/m1/s1. The van der Waals surface area contributed by atoms with Gasteiger partial charge in [0.2, 0.25) is 0 Å². The lowest BCUT2D eigenvalue weighted by molar-refractivity contribution is -0.384. The molecule has 0 heterocycles. The van der Waals surface area contributed by atoms with E-state index in [1.54, 1.807) is 24.3 Å². The molecule has 0 N–H and O–H groups in total. The summed E-state index contributed by atoms with van der Waals surface area (Å²) in [6.07, 6.45) is 2.54. The molecular formula is C21H21BrN2O4. The Morgan fingerprint density at radius 1 is 1.36 bits per heavy atom. The molecule has 2 aromatic carbocycles. The SMILES string of the molecule is CCOc1cc(/C=C(/C#N)c2cccc([N+](=O)[O-])c2)cc(Br)c1O[C@H](C)CC. The van der Waals surface area contributed by atoms with E-state index >= 15 is 0 Å². The zero-order chi connectivity index (χ0) is 20.7. The number of hydrogen-bond acceptors (Lipinski definition) is 5. The lowest BCUT2D eigenvalue weighted by Crippen LogP contribution is -2.11. The van der Waals surface area contributed by atoms with Gasteiger partial charge in [0.1, 0.15) is 0 Å². The number of nitro benzene ring substituents is 1. The summed E-state index contributed by atoms with van der Waals surface area (Å²) in [6, 6.07) is 11.7. The van der Waals surface area contributed by atoms with Crippen LogP contribution in [0.5, 0.6) is 11.5 Å². The molecule has 0 fully saturated rings. The van der Waals surface area contributed by atoms with Gasteiger partial charge in [-0.2, -0.15) is 5.26 Å². The van der Waals surface area contributed by atoms with Crippen molar-refractivity contribution in [1.82, 2.24) is 0 Å². The second-order valence-corrected chi connectivity index (χ2v) is 6.93. The summed E-state index contributed by atoms with van der Waals surface area (Å²) in [6.45, 7) is 6.36. The summed E-state index contributed by atoms with van der Waals surface area (Å²) in [7, 11) is 0. The minimum atomic E-state index is -0.483. The third kappa shape index (κ3) is 5.33. The first-order valence-corrected chi connectivity index (χ1v) is 9.68. The number of non-ortho nitro benzene ring substituents is 1. The van der Waals surface area contributed by atoms with Gasteiger partial charge >= 0.3 is 0 Å². The Balaban J connectivity index is 2.49. The van der Waals surface area contributed by atoms with Crippen LogP contribution in [-0.2, 0) is 0 Å². The fraction of sp³-hybridized carbons (Fsp3) is 0.286. The monoisotopic (exact) mass is 444 g/mol. The van der Waals surface area contributed by atoms with Crippen molar-refractivity contribution in [3.63, 3.8) is 0 Å². The van der Waals surface area contributed by atoms with Crippen molar-refractivity contribution >= 4 is 33.3 Å². The maximum atomic E-state index is 11.0. The Labute approximate surface area is 172 Å². The largest absolute Gasteiger partial charge is 0.490 e. The molecule has 7 heteroatoms. The van der Waals surface area contributed by atoms with Gasteiger partial charge in [-0.15, -0.1) is 0 Å². The molecule has 0 saturated carbocycles. The highest BCUT2D eigenvalue weighted by molar-refractivity contribution is 9.10. The Morgan fingerprint density at radius 2 is 2.11 bits per heavy atom. The molecule has 2 aromatic rings. The van der Waals surface area contributed by atoms with Gasteiger partial charge in [0.15, 0.2) is 11.5 Å². The highest BCUT2D eigenvalue weighted by atomic mass is 79.9. The zero-order valence-electron chi connectivity index (χ0n) is 15.9. The van der Waals surface area contributed by atoms with Crippen molar-refractivity contribution in [1.29, 1.82) is 5.26 Å². The summed E-state index contributed by atoms with van der Waals surface area (Å²) in [5.41, 5.74) is 1.45. The van der Waals surface area contributed by atoms with Crippen molar-refractivity contribution in [2.24, 2.45) is 0 Å². The second-order valence-electron chi connectivity index (χ2n) is 6.08. The van der Waals surface area contributed by atoms with E-state index in [4.69, 9.17) is 9.47 Å². The molecule has 0 aliphatic carbocycles. The number of ether oxygens (including phenoxy) is 2. The van der Waals surface area contributed by atoms with Crippen molar-refractivity contribution in [2.45, 2.75) is 33.3 Å². The molecule has 0 aliphatic rings. The summed E-state index contributed by atoms with van der Waals surface area (Å²) in [4.78, 5) is 10.5. The molecule has 1 atom stereocenters. The van der Waals surface area contributed by atoms with Crippen LogP contribution in [0, 0.1) is 21.4 Å². The van der Waals surface area contributed by atoms with E-state index in [1.165, 1.54) is 12.1 Å². The Hall–Kier alpha value is -2.85. The normalized spacial score (nSPS) is 12.2. The van der Waals surface area contributed by atoms with Crippen LogP contribution in [0.2, 0.25) is 0 Å². The van der Waals surface area contributed by atoms with Gasteiger partial charge in [0.25, 0.3) is 5.69 Å². The van der Waals surface area contributed by atoms with Crippen molar-refractivity contribution in [3.05, 3.63) is 62.1 Å². The molecule has 28 heavy (non-hydrogen) atoms. The van der Waals surface area contributed by atoms with Gasteiger partial charge < -0.3 is 9.47 Å². The molecule has 0 aromatic heterocycles. The maximum absolute atomic E-state index is 11.0. The van der Waals surface area contributed by atoms with Crippen LogP contribution >= 0.6 is 15.9 Å². The summed E-state index contributed by atoms with van der Waals surface area (Å²) in [5, 5.41) is 20.6. The fourth-order valence-electron chi connectivity index (χ4n) is 2.47. The first kappa shape index (κ1) is 21.5. The van der Waals surface area contributed by atoms with Gasteiger partial charge in [0.05, 0.1) is 33.7 Å². The third-order valence-corrected chi connectivity index (χ3v) is 4.61. The number of benzene rings is 2. The predicted molar refractivity (Wildman–Crippen MR) is 112 cm³/mol. The van der Waals surface area contributed by atoms with Gasteiger partial charge in [-0.1, -0.05) is 19.1 Å². The van der Waals surface area contributed by atoms with E-state index in [0.29, 0.717) is 33.7 Å². The van der Waals surface area contributed by atoms with Crippen molar-refractivity contribution in [2.75, 3.05) is 6.61 Å². The van der Waals surface area contributed by atoms with Gasteiger partial charge in [-0.05, 0) is 65.5 Å². The quantitative estimate of drug-likeness (QED) is 0.215. The van der Waals surface area contributed by atoms with Crippen LogP contribution < -0.4 is 9.47 Å². The zero-order valence-corrected chi connectivity index (χ0v) is 17.5. The Kier molecular flexibility index (Phi) is 7.59. The minimum absolute atomic E-state index is 0.0245. The molecule has 2 rings (SSSR count). The summed E-state index contributed by atoms with van der Waals surface area (Å²) >= 11 is 3.52. The number of nitriles is 1. The third-order valence-electron chi connectivity index (χ3n) is 4.03. The lowest BCUT2D eigenvalue weighted by Gasteiger charge is -2.18. The highest BCUT2D eigenvalue weighted by Gasteiger charge is 2.15. The van der Waals surface area contributed by atoms with Crippen LogP contribution in [0.25, 0.3) is 11.6 Å². The summed E-state index contributed by atoms with van der Waals surface area (Å²) < 4.78 is 12.4. The Morgan fingerprint density at radius 3 is 2.71 bits per heavy atom. The van der Waals surface area contributed by atoms with E-state index in [2.05, 4.69) is 22.0 Å². The molecule has 0 unspecified atom stereocenters. The molecule has 0 spiro atoms. The number of nitrogens with zero attached hydrogens (tertiary/aromatic N) is 2. The average molecular weight is 445 g/mol. The molecule has 6 nitrogen and oxygen atoms in total. The topological polar surface area (TPSA) is 85.4 Å². The Bertz CT molecular complexity index is 934. The smallest absolute Gasteiger partial charge is 0.270 e. The predicted octanol–water partition coefficient (Wildman–Crippen LogP) is 6.00.